The monoisotopic (exact) mass is 331 g/mol. The van der Waals surface area contributed by atoms with Crippen LogP contribution in [0.2, 0.25) is 0 Å². The summed E-state index contributed by atoms with van der Waals surface area (Å²) in [6.45, 7) is 2.12. The Morgan fingerprint density at radius 3 is 2.63 bits per heavy atom. The third kappa shape index (κ3) is 5.38. The van der Waals surface area contributed by atoms with E-state index in [9.17, 15) is 14.0 Å². The predicted octanol–water partition coefficient (Wildman–Crippen LogP) is 2.82. The van der Waals surface area contributed by atoms with Crippen molar-refractivity contribution in [3.63, 3.8) is 0 Å². The van der Waals surface area contributed by atoms with Crippen LogP contribution in [0, 0.1) is 11.7 Å². The molecule has 4 nitrogen and oxygen atoms in total. The Labute approximate surface area is 119 Å². The van der Waals surface area contributed by atoms with Crippen LogP contribution in [-0.2, 0) is 4.79 Å². The van der Waals surface area contributed by atoms with Crippen molar-refractivity contribution in [1.29, 1.82) is 0 Å². The third-order valence-corrected chi connectivity index (χ3v) is 3.17. The summed E-state index contributed by atoms with van der Waals surface area (Å²) < 4.78 is 13.6. The van der Waals surface area contributed by atoms with Crippen molar-refractivity contribution >= 4 is 27.8 Å². The lowest BCUT2D eigenvalue weighted by molar-refractivity contribution is -0.138. The van der Waals surface area contributed by atoms with Crippen LogP contribution < -0.4 is 5.32 Å². The first-order valence-electron chi connectivity index (χ1n) is 5.88. The molecule has 0 saturated carbocycles. The van der Waals surface area contributed by atoms with Crippen molar-refractivity contribution in [1.82, 2.24) is 5.32 Å². The topological polar surface area (TPSA) is 66.4 Å². The lowest BCUT2D eigenvalue weighted by atomic mass is 10.0. The second-order valence-electron chi connectivity index (χ2n) is 4.24. The fourth-order valence-corrected chi connectivity index (χ4v) is 2.10. The van der Waals surface area contributed by atoms with Gasteiger partial charge in [-0.05, 0) is 24.1 Å². The molecular formula is C13H15BrFNO3. The molecular weight excluding hydrogens is 317 g/mol. The first-order chi connectivity index (χ1) is 8.92. The molecule has 2 N–H and O–H groups in total. The highest BCUT2D eigenvalue weighted by molar-refractivity contribution is 9.10. The van der Waals surface area contributed by atoms with Crippen LogP contribution in [0.3, 0.4) is 0 Å². The van der Waals surface area contributed by atoms with E-state index in [4.69, 9.17) is 5.11 Å². The zero-order valence-electron chi connectivity index (χ0n) is 10.5. The zero-order valence-corrected chi connectivity index (χ0v) is 12.0. The minimum absolute atomic E-state index is 0.00360. The summed E-state index contributed by atoms with van der Waals surface area (Å²) in [5.41, 5.74) is 0.206. The van der Waals surface area contributed by atoms with Crippen LogP contribution in [0.25, 0.3) is 0 Å². The largest absolute Gasteiger partial charge is 0.481 e. The van der Waals surface area contributed by atoms with Gasteiger partial charge in [-0.3, -0.25) is 9.59 Å². The molecule has 1 amide bonds. The Morgan fingerprint density at radius 2 is 2.11 bits per heavy atom. The second kappa shape index (κ2) is 7.23. The minimum atomic E-state index is -0.894. The van der Waals surface area contributed by atoms with E-state index >= 15 is 0 Å². The van der Waals surface area contributed by atoms with Gasteiger partial charge in [0.15, 0.2) is 0 Å². The highest BCUT2D eigenvalue weighted by Crippen LogP contribution is 2.15. The number of carbonyl (C=O) groups is 2. The third-order valence-electron chi connectivity index (χ3n) is 2.72. The van der Waals surface area contributed by atoms with E-state index in [-0.39, 0.29) is 24.4 Å². The molecule has 0 fully saturated rings. The Balaban J connectivity index is 2.61. The van der Waals surface area contributed by atoms with Gasteiger partial charge in [-0.1, -0.05) is 29.3 Å². The average molecular weight is 332 g/mol. The molecule has 0 bridgehead atoms. The number of hydrogen-bond acceptors (Lipinski definition) is 2. The maximum Gasteiger partial charge on any atom is 0.303 e. The Kier molecular flexibility index (Phi) is 5.95. The zero-order chi connectivity index (χ0) is 14.4. The molecule has 1 unspecified atom stereocenters. The number of hydrogen-bond donors (Lipinski definition) is 2. The lowest BCUT2D eigenvalue weighted by Crippen LogP contribution is -2.30. The molecule has 0 radical (unpaired) electrons. The number of amides is 1. The molecule has 104 valence electrons. The van der Waals surface area contributed by atoms with Crippen molar-refractivity contribution in [2.75, 3.05) is 6.54 Å². The number of halogens is 2. The fraction of sp³-hybridized carbons (Fsp3) is 0.385. The second-order valence-corrected chi connectivity index (χ2v) is 5.16. The molecule has 0 saturated heterocycles. The highest BCUT2D eigenvalue weighted by Gasteiger charge is 2.14. The van der Waals surface area contributed by atoms with Gasteiger partial charge < -0.3 is 10.4 Å². The smallest absolute Gasteiger partial charge is 0.303 e. The maximum absolute atomic E-state index is 13.1. The van der Waals surface area contributed by atoms with Crippen molar-refractivity contribution in [2.24, 2.45) is 5.92 Å². The molecule has 0 aliphatic carbocycles. The van der Waals surface area contributed by atoms with E-state index in [0.29, 0.717) is 10.9 Å². The van der Waals surface area contributed by atoms with E-state index in [0.717, 1.165) is 6.07 Å². The Morgan fingerprint density at radius 1 is 1.42 bits per heavy atom. The molecule has 0 aliphatic rings. The number of carboxylic acids is 1. The van der Waals surface area contributed by atoms with Crippen molar-refractivity contribution in [3.8, 4) is 0 Å². The SMILES string of the molecule is CCC(CNC(=O)c1cc(F)cc(Br)c1)CC(=O)O. The molecule has 0 spiro atoms. The summed E-state index contributed by atoms with van der Waals surface area (Å²) >= 11 is 3.11. The molecule has 6 heteroatoms. The first kappa shape index (κ1) is 15.6. The number of aliphatic carboxylic acids is 1. The number of benzene rings is 1. The first-order valence-corrected chi connectivity index (χ1v) is 6.67. The van der Waals surface area contributed by atoms with Crippen molar-refractivity contribution in [2.45, 2.75) is 19.8 Å². The van der Waals surface area contributed by atoms with E-state index in [1.165, 1.54) is 12.1 Å². The van der Waals surface area contributed by atoms with E-state index in [2.05, 4.69) is 21.2 Å². The van der Waals surface area contributed by atoms with Crippen LogP contribution in [0.1, 0.15) is 30.1 Å². The van der Waals surface area contributed by atoms with Crippen LogP contribution >= 0.6 is 15.9 Å². The van der Waals surface area contributed by atoms with Gasteiger partial charge in [0.2, 0.25) is 0 Å². The summed E-state index contributed by atoms with van der Waals surface area (Å²) in [6.07, 6.45) is 0.656. The summed E-state index contributed by atoms with van der Waals surface area (Å²) in [7, 11) is 0. The Bertz CT molecular complexity index is 459. The molecule has 1 rings (SSSR count). The molecule has 0 aromatic heterocycles. The number of carboxylic acid groups (broad SMARTS) is 1. The fourth-order valence-electron chi connectivity index (χ4n) is 1.63. The summed E-state index contributed by atoms with van der Waals surface area (Å²) in [5.74, 6) is -1.94. The molecule has 1 aromatic rings. The summed E-state index contributed by atoms with van der Waals surface area (Å²) in [6, 6.07) is 3.91. The van der Waals surface area contributed by atoms with Crippen LogP contribution in [0.4, 0.5) is 4.39 Å². The predicted molar refractivity (Wildman–Crippen MR) is 72.5 cm³/mol. The molecule has 1 atom stereocenters. The molecule has 0 heterocycles. The average Bonchev–Trinajstić information content (AvgIpc) is 2.32. The van der Waals surface area contributed by atoms with Crippen LogP contribution in [0.5, 0.6) is 0 Å². The van der Waals surface area contributed by atoms with Crippen LogP contribution in [-0.4, -0.2) is 23.5 Å². The van der Waals surface area contributed by atoms with Gasteiger partial charge in [0.05, 0.1) is 0 Å². The maximum atomic E-state index is 13.1. The highest BCUT2D eigenvalue weighted by atomic mass is 79.9. The number of nitrogens with one attached hydrogen (secondary N) is 1. The molecule has 1 aromatic carbocycles. The van der Waals surface area contributed by atoms with Gasteiger partial charge in [-0.15, -0.1) is 0 Å². The number of carbonyl (C=O) groups excluding carboxylic acids is 1. The van der Waals surface area contributed by atoms with Gasteiger partial charge in [0.1, 0.15) is 5.82 Å². The number of rotatable bonds is 6. The van der Waals surface area contributed by atoms with E-state index < -0.39 is 17.7 Å². The van der Waals surface area contributed by atoms with Crippen LogP contribution in [0.15, 0.2) is 22.7 Å². The van der Waals surface area contributed by atoms with Crippen molar-refractivity contribution < 1.29 is 19.1 Å². The quantitative estimate of drug-likeness (QED) is 0.842. The van der Waals surface area contributed by atoms with E-state index in [1.54, 1.807) is 0 Å². The van der Waals surface area contributed by atoms with Gasteiger partial charge in [0, 0.05) is 23.0 Å². The van der Waals surface area contributed by atoms with E-state index in [1.807, 2.05) is 6.92 Å². The lowest BCUT2D eigenvalue weighted by Gasteiger charge is -2.13. The summed E-state index contributed by atoms with van der Waals surface area (Å²) in [5, 5.41) is 11.3. The van der Waals surface area contributed by atoms with Gasteiger partial charge in [0.25, 0.3) is 5.91 Å². The summed E-state index contributed by atoms with van der Waals surface area (Å²) in [4.78, 5) is 22.4. The van der Waals surface area contributed by atoms with Gasteiger partial charge in [-0.2, -0.15) is 0 Å². The normalized spacial score (nSPS) is 11.9. The van der Waals surface area contributed by atoms with Gasteiger partial charge in [-0.25, -0.2) is 4.39 Å². The minimum Gasteiger partial charge on any atom is -0.481 e. The van der Waals surface area contributed by atoms with Crippen molar-refractivity contribution in [3.05, 3.63) is 34.1 Å². The van der Waals surface area contributed by atoms with Gasteiger partial charge >= 0.3 is 5.97 Å². The molecule has 19 heavy (non-hydrogen) atoms. The standard InChI is InChI=1S/C13H15BrFNO3/c1-2-8(3-12(17)18)7-16-13(19)9-4-10(14)6-11(15)5-9/h4-6,8H,2-3,7H2,1H3,(H,16,19)(H,17,18). The molecule has 0 aliphatic heterocycles. The Hall–Kier alpha value is -1.43.